The minimum atomic E-state index is 0.789. The summed E-state index contributed by atoms with van der Waals surface area (Å²) in [5, 5.41) is 6.37. The topological polar surface area (TPSA) is 24.1 Å². The van der Waals surface area contributed by atoms with E-state index in [-0.39, 0.29) is 0 Å². The van der Waals surface area contributed by atoms with E-state index >= 15 is 0 Å². The van der Waals surface area contributed by atoms with Crippen molar-refractivity contribution in [3.63, 3.8) is 0 Å². The van der Waals surface area contributed by atoms with E-state index in [1.807, 2.05) is 7.05 Å². The third-order valence-corrected chi connectivity index (χ3v) is 2.56. The van der Waals surface area contributed by atoms with Crippen LogP contribution >= 0.6 is 0 Å². The van der Waals surface area contributed by atoms with Crippen LogP contribution in [0.25, 0.3) is 5.57 Å². The van der Waals surface area contributed by atoms with E-state index < -0.39 is 0 Å². The predicted octanol–water partition coefficient (Wildman–Crippen LogP) is 3.01. The molecule has 2 N–H and O–H groups in total. The minimum absolute atomic E-state index is 0.789. The molecule has 0 amide bonds. The Morgan fingerprint density at radius 2 is 2.13 bits per heavy atom. The molecular formula is C13H20N2. The first-order valence-corrected chi connectivity index (χ1v) is 5.31. The highest BCUT2D eigenvalue weighted by Crippen LogP contribution is 2.22. The van der Waals surface area contributed by atoms with Crippen LogP contribution in [0.5, 0.6) is 0 Å². The molecule has 0 aliphatic heterocycles. The number of aryl methyl sites for hydroxylation is 1. The Bertz CT molecular complexity index is 354. The lowest BCUT2D eigenvalue weighted by molar-refractivity contribution is 0.874. The molecular weight excluding hydrogens is 184 g/mol. The van der Waals surface area contributed by atoms with Crippen molar-refractivity contribution in [2.75, 3.05) is 19.0 Å². The lowest BCUT2D eigenvalue weighted by Crippen LogP contribution is -2.16. The van der Waals surface area contributed by atoms with Crippen LogP contribution in [-0.2, 0) is 0 Å². The van der Waals surface area contributed by atoms with Gasteiger partial charge in [0.05, 0.1) is 6.67 Å². The fraction of sp³-hybridized carbons (Fsp3) is 0.385. The molecule has 0 heterocycles. The van der Waals surface area contributed by atoms with E-state index in [0.29, 0.717) is 0 Å². The van der Waals surface area contributed by atoms with Gasteiger partial charge < -0.3 is 10.6 Å². The Morgan fingerprint density at radius 3 is 2.73 bits per heavy atom. The van der Waals surface area contributed by atoms with Crippen LogP contribution in [0.2, 0.25) is 0 Å². The molecule has 1 aromatic carbocycles. The summed E-state index contributed by atoms with van der Waals surface area (Å²) in [4.78, 5) is 0. The molecule has 0 aliphatic rings. The molecule has 0 saturated carbocycles. The van der Waals surface area contributed by atoms with E-state index in [0.717, 1.165) is 12.4 Å². The Balaban J connectivity index is 2.95. The standard InChI is InChI=1S/C13H20N2/c1-5-10(2)13-8-12(15-9-14-4)7-6-11(13)3/h5-8,14-15H,9H2,1-4H3. The van der Waals surface area contributed by atoms with E-state index in [1.54, 1.807) is 0 Å². The van der Waals surface area contributed by atoms with Crippen LogP contribution in [0.4, 0.5) is 5.69 Å². The maximum atomic E-state index is 3.30. The van der Waals surface area contributed by atoms with Gasteiger partial charge in [-0.2, -0.15) is 0 Å². The van der Waals surface area contributed by atoms with Gasteiger partial charge in [0.15, 0.2) is 0 Å². The lowest BCUT2D eigenvalue weighted by atomic mass is 10.0. The molecule has 15 heavy (non-hydrogen) atoms. The first-order valence-electron chi connectivity index (χ1n) is 5.31. The predicted molar refractivity (Wildman–Crippen MR) is 68.1 cm³/mol. The Hall–Kier alpha value is -1.28. The summed E-state index contributed by atoms with van der Waals surface area (Å²) >= 11 is 0. The van der Waals surface area contributed by atoms with Gasteiger partial charge in [-0.15, -0.1) is 0 Å². The van der Waals surface area contributed by atoms with Gasteiger partial charge in [0.1, 0.15) is 0 Å². The summed E-state index contributed by atoms with van der Waals surface area (Å²) in [6, 6.07) is 6.46. The molecule has 2 heteroatoms. The number of rotatable bonds is 4. The van der Waals surface area contributed by atoms with Gasteiger partial charge in [0.2, 0.25) is 0 Å². The molecule has 0 saturated heterocycles. The fourth-order valence-corrected chi connectivity index (χ4v) is 1.50. The zero-order chi connectivity index (χ0) is 11.3. The van der Waals surface area contributed by atoms with Gasteiger partial charge in [0.25, 0.3) is 0 Å². The zero-order valence-corrected chi connectivity index (χ0v) is 10.0. The average Bonchev–Trinajstić information content (AvgIpc) is 2.27. The third-order valence-electron chi connectivity index (χ3n) is 2.56. The van der Waals surface area contributed by atoms with E-state index in [2.05, 4.69) is 55.7 Å². The van der Waals surface area contributed by atoms with Crippen molar-refractivity contribution < 1.29 is 0 Å². The summed E-state index contributed by atoms with van der Waals surface area (Å²) in [6.07, 6.45) is 2.14. The maximum absolute atomic E-state index is 3.30. The summed E-state index contributed by atoms with van der Waals surface area (Å²) in [6.45, 7) is 7.15. The van der Waals surface area contributed by atoms with Crippen LogP contribution in [0.3, 0.4) is 0 Å². The molecule has 0 unspecified atom stereocenters. The van der Waals surface area contributed by atoms with Gasteiger partial charge in [-0.1, -0.05) is 12.1 Å². The van der Waals surface area contributed by atoms with Crippen molar-refractivity contribution in [3.05, 3.63) is 35.4 Å². The first-order chi connectivity index (χ1) is 7.19. The molecule has 1 rings (SSSR count). The van der Waals surface area contributed by atoms with Crippen molar-refractivity contribution in [1.82, 2.24) is 5.32 Å². The van der Waals surface area contributed by atoms with Crippen LogP contribution in [0.1, 0.15) is 25.0 Å². The number of benzene rings is 1. The monoisotopic (exact) mass is 204 g/mol. The summed E-state index contributed by atoms with van der Waals surface area (Å²) < 4.78 is 0. The van der Waals surface area contributed by atoms with Crippen molar-refractivity contribution >= 4 is 11.3 Å². The SMILES string of the molecule is CC=C(C)c1cc(NCNC)ccc1C. The van der Waals surface area contributed by atoms with Crippen molar-refractivity contribution in [3.8, 4) is 0 Å². The Labute approximate surface area is 92.4 Å². The van der Waals surface area contributed by atoms with E-state index in [9.17, 15) is 0 Å². The number of hydrogen-bond donors (Lipinski definition) is 2. The van der Waals surface area contributed by atoms with Crippen molar-refractivity contribution in [1.29, 1.82) is 0 Å². The molecule has 0 fully saturated rings. The molecule has 0 aliphatic carbocycles. The van der Waals surface area contributed by atoms with Gasteiger partial charge >= 0.3 is 0 Å². The van der Waals surface area contributed by atoms with Gasteiger partial charge in [-0.05, 0) is 56.7 Å². The van der Waals surface area contributed by atoms with E-state index in [1.165, 1.54) is 16.7 Å². The molecule has 0 atom stereocenters. The van der Waals surface area contributed by atoms with Gasteiger partial charge in [0, 0.05) is 5.69 Å². The number of nitrogens with one attached hydrogen (secondary N) is 2. The molecule has 1 aromatic rings. The highest BCUT2D eigenvalue weighted by Gasteiger charge is 2.01. The largest absolute Gasteiger partial charge is 0.372 e. The second-order valence-corrected chi connectivity index (χ2v) is 3.71. The third kappa shape index (κ3) is 3.10. The molecule has 82 valence electrons. The highest BCUT2D eigenvalue weighted by molar-refractivity contribution is 5.69. The normalized spacial score (nSPS) is 11.6. The van der Waals surface area contributed by atoms with E-state index in [4.69, 9.17) is 0 Å². The Kier molecular flexibility index (Phi) is 4.37. The molecule has 0 aromatic heterocycles. The van der Waals surface area contributed by atoms with Gasteiger partial charge in [-0.25, -0.2) is 0 Å². The zero-order valence-electron chi connectivity index (χ0n) is 10.0. The Morgan fingerprint density at radius 1 is 1.40 bits per heavy atom. The molecule has 0 radical (unpaired) electrons. The quantitative estimate of drug-likeness (QED) is 0.737. The smallest absolute Gasteiger partial charge is 0.0650 e. The highest BCUT2D eigenvalue weighted by atomic mass is 15.0. The first kappa shape index (κ1) is 11.8. The van der Waals surface area contributed by atoms with Crippen molar-refractivity contribution in [2.24, 2.45) is 0 Å². The number of hydrogen-bond acceptors (Lipinski definition) is 2. The van der Waals surface area contributed by atoms with Crippen LogP contribution in [0.15, 0.2) is 24.3 Å². The second kappa shape index (κ2) is 5.56. The summed E-state index contributed by atoms with van der Waals surface area (Å²) in [5.74, 6) is 0. The number of anilines is 1. The molecule has 0 spiro atoms. The summed E-state index contributed by atoms with van der Waals surface area (Å²) in [7, 11) is 1.93. The average molecular weight is 204 g/mol. The van der Waals surface area contributed by atoms with Crippen molar-refractivity contribution in [2.45, 2.75) is 20.8 Å². The van der Waals surface area contributed by atoms with Crippen LogP contribution in [0, 0.1) is 6.92 Å². The summed E-state index contributed by atoms with van der Waals surface area (Å²) in [5.41, 5.74) is 5.12. The lowest BCUT2D eigenvalue weighted by Gasteiger charge is -2.10. The maximum Gasteiger partial charge on any atom is 0.0650 e. The molecule has 0 bridgehead atoms. The minimum Gasteiger partial charge on any atom is -0.372 e. The molecule has 2 nitrogen and oxygen atoms in total. The van der Waals surface area contributed by atoms with Crippen LogP contribution < -0.4 is 10.6 Å². The van der Waals surface area contributed by atoms with Crippen LogP contribution in [-0.4, -0.2) is 13.7 Å². The second-order valence-electron chi connectivity index (χ2n) is 3.71. The fourth-order valence-electron chi connectivity index (χ4n) is 1.50. The van der Waals surface area contributed by atoms with Gasteiger partial charge in [-0.3, -0.25) is 0 Å². The number of allylic oxidation sites excluding steroid dienone is 2.